The van der Waals surface area contributed by atoms with Crippen molar-refractivity contribution in [2.75, 3.05) is 52.9 Å². The summed E-state index contributed by atoms with van der Waals surface area (Å²) in [4.78, 5) is 38.8. The van der Waals surface area contributed by atoms with Gasteiger partial charge in [-0.05, 0) is 31.0 Å². The standard InChI is InChI=1S/C22H31N3O7/c1-25-17-6-5-15(11-20(26)23-8-9-29-2)32-19(17)12-31-18-7-4-14(10-16(18)22(25)28)24-21(27)13-30-3/h4,7,10,15,17,19H,5-6,8-9,11-13H2,1-3H3,(H,23,26)(H,24,27)/t15-,17+,19-/m1/s1. The lowest BCUT2D eigenvalue weighted by Crippen LogP contribution is -2.54. The van der Waals surface area contributed by atoms with Gasteiger partial charge in [0, 0.05) is 33.5 Å². The number of nitrogens with zero attached hydrogens (tertiary/aromatic N) is 1. The topological polar surface area (TPSA) is 115 Å². The predicted molar refractivity (Wildman–Crippen MR) is 116 cm³/mol. The fraction of sp³-hybridized carbons (Fsp3) is 0.591. The van der Waals surface area contributed by atoms with Crippen LogP contribution in [0.5, 0.6) is 5.75 Å². The molecule has 3 atom stereocenters. The highest BCUT2D eigenvalue weighted by molar-refractivity contribution is 6.00. The fourth-order valence-corrected chi connectivity index (χ4v) is 4.00. The number of ether oxygens (including phenoxy) is 4. The van der Waals surface area contributed by atoms with Gasteiger partial charge in [0.2, 0.25) is 11.8 Å². The number of hydrogen-bond donors (Lipinski definition) is 2. The third-order valence-corrected chi connectivity index (χ3v) is 5.61. The van der Waals surface area contributed by atoms with Crippen LogP contribution in [0.3, 0.4) is 0 Å². The van der Waals surface area contributed by atoms with E-state index in [1.165, 1.54) is 7.11 Å². The first-order valence-corrected chi connectivity index (χ1v) is 10.7. The zero-order valence-corrected chi connectivity index (χ0v) is 18.7. The Bertz CT molecular complexity index is 832. The van der Waals surface area contributed by atoms with Crippen molar-refractivity contribution < 1.29 is 33.3 Å². The SMILES string of the molecule is COCCNC(=O)C[C@H]1CC[C@H]2[C@@H](COc3ccc(NC(=O)COC)cc3C(=O)N2C)O1. The number of hydrogen-bond acceptors (Lipinski definition) is 7. The van der Waals surface area contributed by atoms with Gasteiger partial charge in [-0.3, -0.25) is 14.4 Å². The minimum absolute atomic E-state index is 0.0753. The van der Waals surface area contributed by atoms with E-state index in [4.69, 9.17) is 18.9 Å². The van der Waals surface area contributed by atoms with Crippen molar-refractivity contribution in [2.45, 2.75) is 37.5 Å². The van der Waals surface area contributed by atoms with Crippen molar-refractivity contribution in [3.8, 4) is 5.75 Å². The lowest BCUT2D eigenvalue weighted by molar-refractivity contribution is -0.134. The number of likely N-dealkylation sites (N-methyl/N-ethyl adjacent to an activating group) is 1. The minimum Gasteiger partial charge on any atom is -0.490 e. The molecule has 1 aromatic rings. The highest BCUT2D eigenvalue weighted by Gasteiger charge is 2.39. The van der Waals surface area contributed by atoms with Crippen LogP contribution < -0.4 is 15.4 Å². The third kappa shape index (κ3) is 5.96. The lowest BCUT2D eigenvalue weighted by Gasteiger charge is -2.42. The molecule has 0 aliphatic carbocycles. The molecular formula is C22H31N3O7. The summed E-state index contributed by atoms with van der Waals surface area (Å²) in [5.74, 6) is -0.182. The third-order valence-electron chi connectivity index (χ3n) is 5.61. The van der Waals surface area contributed by atoms with E-state index >= 15 is 0 Å². The summed E-state index contributed by atoms with van der Waals surface area (Å²) in [5, 5.41) is 5.51. The average Bonchev–Trinajstić information content (AvgIpc) is 2.77. The molecule has 2 N–H and O–H groups in total. The second-order valence-electron chi connectivity index (χ2n) is 7.91. The number of nitrogens with one attached hydrogen (secondary N) is 2. The van der Waals surface area contributed by atoms with Crippen molar-refractivity contribution in [2.24, 2.45) is 0 Å². The molecule has 3 rings (SSSR count). The first-order valence-electron chi connectivity index (χ1n) is 10.7. The first-order chi connectivity index (χ1) is 15.4. The molecule has 10 heteroatoms. The van der Waals surface area contributed by atoms with E-state index in [0.717, 1.165) is 0 Å². The Morgan fingerprint density at radius 3 is 2.75 bits per heavy atom. The number of methoxy groups -OCH3 is 2. The quantitative estimate of drug-likeness (QED) is 0.564. The summed E-state index contributed by atoms with van der Waals surface area (Å²) in [6, 6.07) is 4.77. The van der Waals surface area contributed by atoms with Crippen molar-refractivity contribution >= 4 is 23.4 Å². The number of amides is 3. The second kappa shape index (κ2) is 11.3. The smallest absolute Gasteiger partial charge is 0.257 e. The van der Waals surface area contributed by atoms with Crippen LogP contribution in [0, 0.1) is 0 Å². The molecule has 1 saturated heterocycles. The van der Waals surface area contributed by atoms with Gasteiger partial charge in [0.15, 0.2) is 0 Å². The summed E-state index contributed by atoms with van der Waals surface area (Å²) >= 11 is 0. The van der Waals surface area contributed by atoms with Crippen LogP contribution in [0.15, 0.2) is 18.2 Å². The summed E-state index contributed by atoms with van der Waals surface area (Å²) < 4.78 is 21.9. The van der Waals surface area contributed by atoms with E-state index in [1.807, 2.05) is 0 Å². The van der Waals surface area contributed by atoms with Gasteiger partial charge in [-0.2, -0.15) is 0 Å². The van der Waals surface area contributed by atoms with Crippen molar-refractivity contribution in [3.05, 3.63) is 23.8 Å². The summed E-state index contributed by atoms with van der Waals surface area (Å²) in [5.41, 5.74) is 0.869. The van der Waals surface area contributed by atoms with E-state index in [0.29, 0.717) is 43.0 Å². The number of benzene rings is 1. The molecule has 0 aromatic heterocycles. The van der Waals surface area contributed by atoms with E-state index in [2.05, 4.69) is 10.6 Å². The molecule has 32 heavy (non-hydrogen) atoms. The minimum atomic E-state index is -0.344. The largest absolute Gasteiger partial charge is 0.490 e. The Morgan fingerprint density at radius 1 is 1.19 bits per heavy atom. The molecule has 176 valence electrons. The zero-order chi connectivity index (χ0) is 23.1. The molecule has 0 unspecified atom stereocenters. The second-order valence-corrected chi connectivity index (χ2v) is 7.91. The van der Waals surface area contributed by atoms with Crippen LogP contribution in [0.25, 0.3) is 0 Å². The van der Waals surface area contributed by atoms with Crippen LogP contribution in [0.4, 0.5) is 5.69 Å². The van der Waals surface area contributed by atoms with Gasteiger partial charge >= 0.3 is 0 Å². The zero-order valence-electron chi connectivity index (χ0n) is 18.7. The molecule has 0 saturated carbocycles. The summed E-state index contributed by atoms with van der Waals surface area (Å²) in [6.45, 7) is 1.10. The van der Waals surface area contributed by atoms with Gasteiger partial charge in [0.1, 0.15) is 25.1 Å². The van der Waals surface area contributed by atoms with Crippen LogP contribution in [-0.2, 0) is 23.8 Å². The molecule has 2 aliphatic heterocycles. The van der Waals surface area contributed by atoms with E-state index in [-0.39, 0.29) is 55.6 Å². The van der Waals surface area contributed by atoms with Gasteiger partial charge in [-0.1, -0.05) is 0 Å². The molecule has 10 nitrogen and oxygen atoms in total. The normalized spacial score (nSPS) is 22.7. The molecule has 0 bridgehead atoms. The molecule has 2 aliphatic rings. The Balaban J connectivity index is 1.67. The average molecular weight is 450 g/mol. The number of anilines is 1. The van der Waals surface area contributed by atoms with Gasteiger partial charge < -0.3 is 34.5 Å². The summed E-state index contributed by atoms with van der Waals surface area (Å²) in [6.07, 6.45) is 1.04. The van der Waals surface area contributed by atoms with Crippen LogP contribution in [0.1, 0.15) is 29.6 Å². The number of carbonyl (C=O) groups is 3. The summed E-state index contributed by atoms with van der Waals surface area (Å²) in [7, 11) is 4.76. The molecule has 1 aromatic carbocycles. The van der Waals surface area contributed by atoms with Crippen molar-refractivity contribution in [1.29, 1.82) is 0 Å². The number of rotatable bonds is 8. The molecule has 3 amide bonds. The molecule has 1 fully saturated rings. The van der Waals surface area contributed by atoms with Gasteiger partial charge in [0.25, 0.3) is 5.91 Å². The van der Waals surface area contributed by atoms with Crippen LogP contribution in [-0.4, -0.2) is 88.5 Å². The molecule has 2 heterocycles. The van der Waals surface area contributed by atoms with Crippen LogP contribution >= 0.6 is 0 Å². The molecule has 0 radical (unpaired) electrons. The first kappa shape index (κ1) is 24.0. The number of carbonyl (C=O) groups excluding carboxylic acids is 3. The van der Waals surface area contributed by atoms with Gasteiger partial charge in [0.05, 0.1) is 30.7 Å². The fourth-order valence-electron chi connectivity index (χ4n) is 4.00. The number of fused-ring (bicyclic) bond motifs is 2. The van der Waals surface area contributed by atoms with E-state index < -0.39 is 0 Å². The maximum Gasteiger partial charge on any atom is 0.257 e. The Labute approximate surface area is 187 Å². The van der Waals surface area contributed by atoms with E-state index in [9.17, 15) is 14.4 Å². The Morgan fingerprint density at radius 2 is 2.00 bits per heavy atom. The van der Waals surface area contributed by atoms with Crippen LogP contribution in [0.2, 0.25) is 0 Å². The molecule has 0 spiro atoms. The molecular weight excluding hydrogens is 418 g/mol. The highest BCUT2D eigenvalue weighted by atomic mass is 16.5. The Hall–Kier alpha value is -2.69. The monoisotopic (exact) mass is 449 g/mol. The lowest BCUT2D eigenvalue weighted by atomic mass is 9.94. The van der Waals surface area contributed by atoms with Gasteiger partial charge in [-0.15, -0.1) is 0 Å². The van der Waals surface area contributed by atoms with Crippen molar-refractivity contribution in [3.63, 3.8) is 0 Å². The highest BCUT2D eigenvalue weighted by Crippen LogP contribution is 2.32. The van der Waals surface area contributed by atoms with Gasteiger partial charge in [-0.25, -0.2) is 0 Å². The van der Waals surface area contributed by atoms with E-state index in [1.54, 1.807) is 37.3 Å². The predicted octanol–water partition coefficient (Wildman–Crippen LogP) is 0.805. The van der Waals surface area contributed by atoms with Crippen molar-refractivity contribution in [1.82, 2.24) is 10.2 Å². The Kier molecular flexibility index (Phi) is 8.43. The maximum absolute atomic E-state index is 13.2. The maximum atomic E-state index is 13.2.